The minimum absolute atomic E-state index is 0. The number of hydrogen-bond donors (Lipinski definition) is 1. The smallest absolute Gasteiger partial charge is 0.0991 e. The summed E-state index contributed by atoms with van der Waals surface area (Å²) < 4.78 is 0. The predicted molar refractivity (Wildman–Crippen MR) is 78.6 cm³/mol. The molecule has 1 aliphatic rings. The number of pyridine rings is 1. The van der Waals surface area contributed by atoms with Crippen LogP contribution in [0, 0.1) is 11.3 Å². The van der Waals surface area contributed by atoms with Crippen molar-refractivity contribution < 1.29 is 0 Å². The zero-order chi connectivity index (χ0) is 12.4. The van der Waals surface area contributed by atoms with Crippen molar-refractivity contribution in [1.29, 1.82) is 5.26 Å². The number of nitrogens with zero attached hydrogens (tertiary/aromatic N) is 2. The van der Waals surface area contributed by atoms with Crippen LogP contribution in [0.4, 0.5) is 0 Å². The van der Waals surface area contributed by atoms with Crippen LogP contribution in [0.1, 0.15) is 29.9 Å². The Kier molecular flexibility index (Phi) is 4.36. The van der Waals surface area contributed by atoms with E-state index in [2.05, 4.69) is 22.4 Å². The van der Waals surface area contributed by atoms with Gasteiger partial charge in [0.15, 0.2) is 0 Å². The summed E-state index contributed by atoms with van der Waals surface area (Å²) in [7, 11) is 0. The van der Waals surface area contributed by atoms with Crippen LogP contribution in [-0.4, -0.2) is 18.1 Å². The molecule has 3 rings (SSSR count). The Morgan fingerprint density at radius 3 is 2.74 bits per heavy atom. The highest BCUT2D eigenvalue weighted by Gasteiger charge is 2.17. The van der Waals surface area contributed by atoms with Gasteiger partial charge in [0.25, 0.3) is 0 Å². The SMILES string of the molecule is Cl.N#Cc1ccc2nccc(C3CCNCC3)c2c1. The first-order chi connectivity index (χ1) is 8.88. The summed E-state index contributed by atoms with van der Waals surface area (Å²) in [6.45, 7) is 2.15. The number of fused-ring (bicyclic) bond motifs is 1. The molecule has 0 spiro atoms. The van der Waals surface area contributed by atoms with E-state index in [1.807, 2.05) is 24.4 Å². The molecule has 98 valence electrons. The summed E-state index contributed by atoms with van der Waals surface area (Å²) in [6, 6.07) is 10.1. The molecule has 0 unspecified atom stereocenters. The average Bonchev–Trinajstić information content (AvgIpc) is 2.47. The van der Waals surface area contributed by atoms with Gasteiger partial charge in [0.1, 0.15) is 0 Å². The van der Waals surface area contributed by atoms with Crippen LogP contribution in [0.5, 0.6) is 0 Å². The topological polar surface area (TPSA) is 48.7 Å². The van der Waals surface area contributed by atoms with E-state index in [1.54, 1.807) is 0 Å². The highest BCUT2D eigenvalue weighted by Crippen LogP contribution is 2.30. The number of benzene rings is 1. The second kappa shape index (κ2) is 6.01. The maximum Gasteiger partial charge on any atom is 0.0991 e. The summed E-state index contributed by atoms with van der Waals surface area (Å²) >= 11 is 0. The first kappa shape index (κ1) is 13.8. The molecule has 0 radical (unpaired) electrons. The fourth-order valence-corrected chi connectivity index (χ4v) is 2.73. The monoisotopic (exact) mass is 273 g/mol. The Balaban J connectivity index is 0.00000133. The van der Waals surface area contributed by atoms with Crippen molar-refractivity contribution in [3.8, 4) is 6.07 Å². The number of piperidine rings is 1. The molecule has 0 saturated carbocycles. The first-order valence-corrected chi connectivity index (χ1v) is 6.38. The third-order valence-electron chi connectivity index (χ3n) is 3.68. The molecular formula is C15H16ClN3. The van der Waals surface area contributed by atoms with Crippen molar-refractivity contribution in [2.45, 2.75) is 18.8 Å². The third-order valence-corrected chi connectivity index (χ3v) is 3.68. The van der Waals surface area contributed by atoms with Gasteiger partial charge in [-0.25, -0.2) is 0 Å². The Hall–Kier alpha value is -1.63. The summed E-state index contributed by atoms with van der Waals surface area (Å²) in [5.74, 6) is 0.589. The van der Waals surface area contributed by atoms with Crippen molar-refractivity contribution in [3.63, 3.8) is 0 Å². The molecule has 1 N–H and O–H groups in total. The Morgan fingerprint density at radius 1 is 1.21 bits per heavy atom. The molecule has 1 aromatic carbocycles. The summed E-state index contributed by atoms with van der Waals surface area (Å²) in [5.41, 5.74) is 3.05. The molecule has 0 atom stereocenters. The van der Waals surface area contributed by atoms with Gasteiger partial charge in [-0.3, -0.25) is 4.98 Å². The quantitative estimate of drug-likeness (QED) is 0.869. The van der Waals surface area contributed by atoms with Gasteiger partial charge in [-0.05, 0) is 61.7 Å². The molecule has 4 heteroatoms. The Morgan fingerprint density at radius 2 is 2.00 bits per heavy atom. The molecule has 1 fully saturated rings. The maximum absolute atomic E-state index is 9.02. The van der Waals surface area contributed by atoms with Crippen molar-refractivity contribution in [2.24, 2.45) is 0 Å². The van der Waals surface area contributed by atoms with E-state index in [4.69, 9.17) is 5.26 Å². The van der Waals surface area contributed by atoms with Crippen LogP contribution in [0.15, 0.2) is 30.5 Å². The molecule has 19 heavy (non-hydrogen) atoms. The fraction of sp³-hybridized carbons (Fsp3) is 0.333. The predicted octanol–water partition coefficient (Wildman–Crippen LogP) is 3.00. The lowest BCUT2D eigenvalue weighted by Crippen LogP contribution is -2.26. The molecule has 2 heterocycles. The highest BCUT2D eigenvalue weighted by molar-refractivity contribution is 5.85. The van der Waals surface area contributed by atoms with E-state index < -0.39 is 0 Å². The van der Waals surface area contributed by atoms with Gasteiger partial charge in [-0.1, -0.05) is 0 Å². The van der Waals surface area contributed by atoms with Gasteiger partial charge in [0, 0.05) is 11.6 Å². The third kappa shape index (κ3) is 2.70. The average molecular weight is 274 g/mol. The van der Waals surface area contributed by atoms with Gasteiger partial charge >= 0.3 is 0 Å². The molecule has 2 aromatic rings. The van der Waals surface area contributed by atoms with E-state index in [0.717, 1.165) is 36.8 Å². The van der Waals surface area contributed by atoms with Crippen LogP contribution >= 0.6 is 12.4 Å². The number of nitrogens with one attached hydrogen (secondary N) is 1. The van der Waals surface area contributed by atoms with Gasteiger partial charge in [0.2, 0.25) is 0 Å². The molecule has 0 aliphatic carbocycles. The summed E-state index contributed by atoms with van der Waals surface area (Å²) in [4.78, 5) is 4.39. The maximum atomic E-state index is 9.02. The number of aromatic nitrogens is 1. The lowest BCUT2D eigenvalue weighted by molar-refractivity contribution is 0.462. The van der Waals surface area contributed by atoms with Crippen molar-refractivity contribution in [1.82, 2.24) is 10.3 Å². The van der Waals surface area contributed by atoms with Crippen LogP contribution in [0.25, 0.3) is 10.9 Å². The fourth-order valence-electron chi connectivity index (χ4n) is 2.73. The van der Waals surface area contributed by atoms with E-state index in [0.29, 0.717) is 11.5 Å². The van der Waals surface area contributed by atoms with Gasteiger partial charge in [-0.2, -0.15) is 5.26 Å². The lowest BCUT2D eigenvalue weighted by Gasteiger charge is -2.24. The molecule has 0 amide bonds. The van der Waals surface area contributed by atoms with E-state index >= 15 is 0 Å². The molecule has 0 bridgehead atoms. The molecule has 1 saturated heterocycles. The van der Waals surface area contributed by atoms with Crippen molar-refractivity contribution in [3.05, 3.63) is 41.6 Å². The van der Waals surface area contributed by atoms with Crippen LogP contribution in [0.2, 0.25) is 0 Å². The summed E-state index contributed by atoms with van der Waals surface area (Å²) in [6.07, 6.45) is 4.21. The first-order valence-electron chi connectivity index (χ1n) is 6.38. The second-order valence-corrected chi connectivity index (χ2v) is 4.77. The number of hydrogen-bond acceptors (Lipinski definition) is 3. The number of rotatable bonds is 1. The minimum Gasteiger partial charge on any atom is -0.317 e. The Bertz CT molecular complexity index is 612. The summed E-state index contributed by atoms with van der Waals surface area (Å²) in [5, 5.41) is 13.5. The highest BCUT2D eigenvalue weighted by atomic mass is 35.5. The van der Waals surface area contributed by atoms with Crippen LogP contribution in [-0.2, 0) is 0 Å². The zero-order valence-electron chi connectivity index (χ0n) is 10.6. The van der Waals surface area contributed by atoms with Crippen LogP contribution in [0.3, 0.4) is 0 Å². The molecule has 1 aliphatic heterocycles. The molecule has 3 nitrogen and oxygen atoms in total. The standard InChI is InChI=1S/C15H15N3.ClH/c16-10-11-1-2-15-14(9-11)13(5-8-18-15)12-3-6-17-7-4-12;/h1-2,5,8-9,12,17H,3-4,6-7H2;1H. The van der Waals surface area contributed by atoms with Crippen molar-refractivity contribution >= 4 is 23.3 Å². The van der Waals surface area contributed by atoms with Crippen molar-refractivity contribution in [2.75, 3.05) is 13.1 Å². The van der Waals surface area contributed by atoms with Crippen LogP contribution < -0.4 is 5.32 Å². The van der Waals surface area contributed by atoms with Gasteiger partial charge in [-0.15, -0.1) is 12.4 Å². The molecule has 1 aromatic heterocycles. The molecular weight excluding hydrogens is 258 g/mol. The van der Waals surface area contributed by atoms with Gasteiger partial charge < -0.3 is 5.32 Å². The number of halogens is 1. The minimum atomic E-state index is 0. The van der Waals surface area contributed by atoms with E-state index in [-0.39, 0.29) is 12.4 Å². The van der Waals surface area contributed by atoms with E-state index in [9.17, 15) is 0 Å². The second-order valence-electron chi connectivity index (χ2n) is 4.77. The number of nitriles is 1. The lowest BCUT2D eigenvalue weighted by atomic mass is 9.88. The zero-order valence-corrected chi connectivity index (χ0v) is 11.4. The normalized spacial score (nSPS) is 15.7. The Labute approximate surface area is 119 Å². The largest absolute Gasteiger partial charge is 0.317 e. The van der Waals surface area contributed by atoms with Gasteiger partial charge in [0.05, 0.1) is 17.1 Å². The van der Waals surface area contributed by atoms with E-state index in [1.165, 1.54) is 5.56 Å².